The minimum absolute atomic E-state index is 0.0752. The number of hydrogen-bond acceptors (Lipinski definition) is 4. The molecule has 1 aliphatic rings. The summed E-state index contributed by atoms with van der Waals surface area (Å²) in [5.74, 6) is 0.827. The van der Waals surface area contributed by atoms with Crippen LogP contribution in [0.2, 0.25) is 0 Å². The Morgan fingerprint density at radius 3 is 2.73 bits per heavy atom. The van der Waals surface area contributed by atoms with Crippen LogP contribution < -0.4 is 5.73 Å². The predicted octanol–water partition coefficient (Wildman–Crippen LogP) is 1.93. The highest BCUT2D eigenvalue weighted by atomic mass is 79.9. The average Bonchev–Trinajstić information content (AvgIpc) is 2.85. The summed E-state index contributed by atoms with van der Waals surface area (Å²) in [5.41, 5.74) is 7.86. The van der Waals surface area contributed by atoms with Gasteiger partial charge in [-0.1, -0.05) is 0 Å². The first-order valence-corrected chi connectivity index (χ1v) is 8.02. The molecule has 0 spiro atoms. The highest BCUT2D eigenvalue weighted by molar-refractivity contribution is 9.10. The van der Waals surface area contributed by atoms with Gasteiger partial charge in [0.25, 0.3) is 0 Å². The van der Waals surface area contributed by atoms with Crippen LogP contribution in [0.15, 0.2) is 16.9 Å². The molecule has 2 aromatic rings. The van der Waals surface area contributed by atoms with Crippen molar-refractivity contribution in [2.45, 2.75) is 18.8 Å². The Hall–Kier alpha value is -1.83. The molecule has 0 radical (unpaired) electrons. The van der Waals surface area contributed by atoms with Gasteiger partial charge in [0.2, 0.25) is 0 Å². The maximum absolute atomic E-state index is 12.0. The van der Waals surface area contributed by atoms with Crippen molar-refractivity contribution in [3.63, 3.8) is 0 Å². The van der Waals surface area contributed by atoms with E-state index in [2.05, 4.69) is 32.1 Å². The number of urea groups is 1. The summed E-state index contributed by atoms with van der Waals surface area (Å²) in [6, 6.07) is 2.14. The molecule has 1 fully saturated rings. The standard InChI is InChI=1S/C14H19BrN6O/c1-19(2)14(22)20-5-3-9(4-6-20)11-7-10(15)12-13(16)17-8-18-21(11)12/h7-9H,3-6H2,1-2H3,(H2,16,17,18). The number of rotatable bonds is 1. The second kappa shape index (κ2) is 5.75. The smallest absolute Gasteiger partial charge is 0.319 e. The van der Waals surface area contributed by atoms with E-state index in [0.29, 0.717) is 11.7 Å². The first-order chi connectivity index (χ1) is 10.5. The van der Waals surface area contributed by atoms with E-state index in [-0.39, 0.29) is 6.03 Å². The second-order valence-corrected chi connectivity index (χ2v) is 6.62. The highest BCUT2D eigenvalue weighted by Crippen LogP contribution is 2.34. The molecule has 1 saturated heterocycles. The minimum Gasteiger partial charge on any atom is -0.382 e. The molecule has 3 rings (SSSR count). The third-order valence-corrected chi connectivity index (χ3v) is 4.73. The number of piperidine rings is 1. The van der Waals surface area contributed by atoms with Crippen LogP contribution in [0.3, 0.4) is 0 Å². The summed E-state index contributed by atoms with van der Waals surface area (Å²) in [6.07, 6.45) is 3.31. The number of nitrogen functional groups attached to an aromatic ring is 1. The average molecular weight is 367 g/mol. The van der Waals surface area contributed by atoms with E-state index >= 15 is 0 Å². The fraction of sp³-hybridized carbons (Fsp3) is 0.500. The monoisotopic (exact) mass is 366 g/mol. The van der Waals surface area contributed by atoms with Gasteiger partial charge < -0.3 is 15.5 Å². The van der Waals surface area contributed by atoms with Crippen molar-refractivity contribution in [2.24, 2.45) is 0 Å². The zero-order chi connectivity index (χ0) is 15.9. The Balaban J connectivity index is 1.83. The van der Waals surface area contributed by atoms with E-state index < -0.39 is 0 Å². The van der Waals surface area contributed by atoms with Crippen molar-refractivity contribution in [3.8, 4) is 0 Å². The van der Waals surface area contributed by atoms with E-state index in [9.17, 15) is 4.79 Å². The molecule has 3 heterocycles. The van der Waals surface area contributed by atoms with Gasteiger partial charge in [-0.2, -0.15) is 5.10 Å². The largest absolute Gasteiger partial charge is 0.382 e. The number of nitrogens with two attached hydrogens (primary N) is 1. The fourth-order valence-electron chi connectivity index (χ4n) is 2.99. The van der Waals surface area contributed by atoms with Gasteiger partial charge in [-0.05, 0) is 34.8 Å². The van der Waals surface area contributed by atoms with Crippen LogP contribution in [-0.4, -0.2) is 57.6 Å². The van der Waals surface area contributed by atoms with Gasteiger partial charge in [0, 0.05) is 43.3 Å². The zero-order valence-corrected chi connectivity index (χ0v) is 14.2. The zero-order valence-electron chi connectivity index (χ0n) is 12.7. The number of amides is 2. The molecule has 22 heavy (non-hydrogen) atoms. The van der Waals surface area contributed by atoms with Crippen molar-refractivity contribution in [1.29, 1.82) is 0 Å². The van der Waals surface area contributed by atoms with E-state index in [0.717, 1.165) is 41.6 Å². The number of hydrogen-bond donors (Lipinski definition) is 1. The third kappa shape index (κ3) is 2.51. The molecule has 1 aliphatic heterocycles. The topological polar surface area (TPSA) is 79.8 Å². The molecule has 118 valence electrons. The van der Waals surface area contributed by atoms with E-state index in [1.54, 1.807) is 19.0 Å². The lowest BCUT2D eigenvalue weighted by Gasteiger charge is -2.33. The molecular formula is C14H19BrN6O. The number of likely N-dealkylation sites (tertiary alicyclic amines) is 1. The van der Waals surface area contributed by atoms with Crippen LogP contribution in [0.25, 0.3) is 5.52 Å². The fourth-order valence-corrected chi connectivity index (χ4v) is 3.59. The maximum Gasteiger partial charge on any atom is 0.319 e. The lowest BCUT2D eigenvalue weighted by Crippen LogP contribution is -2.43. The third-order valence-electron chi connectivity index (χ3n) is 4.13. The molecular weight excluding hydrogens is 348 g/mol. The molecule has 0 atom stereocenters. The molecule has 0 unspecified atom stereocenters. The SMILES string of the molecule is CN(C)C(=O)N1CCC(c2cc(Br)c3c(N)ncnn23)CC1. The van der Waals surface area contributed by atoms with Gasteiger partial charge in [0.05, 0.1) is 0 Å². The first kappa shape index (κ1) is 15.1. The van der Waals surface area contributed by atoms with Crippen molar-refractivity contribution < 1.29 is 4.79 Å². The van der Waals surface area contributed by atoms with E-state index in [1.165, 1.54) is 6.33 Å². The summed E-state index contributed by atoms with van der Waals surface area (Å²) < 4.78 is 2.77. The Labute approximate surface area is 137 Å². The van der Waals surface area contributed by atoms with Gasteiger partial charge in [0.15, 0.2) is 5.82 Å². The van der Waals surface area contributed by atoms with E-state index in [1.807, 2.05) is 9.42 Å². The number of fused-ring (bicyclic) bond motifs is 1. The molecule has 2 aromatic heterocycles. The van der Waals surface area contributed by atoms with E-state index in [4.69, 9.17) is 5.73 Å². The van der Waals surface area contributed by atoms with Gasteiger partial charge in [0.1, 0.15) is 11.8 Å². The van der Waals surface area contributed by atoms with Gasteiger partial charge >= 0.3 is 6.03 Å². The molecule has 0 bridgehead atoms. The quantitative estimate of drug-likeness (QED) is 0.836. The Kier molecular flexibility index (Phi) is 3.94. The number of aromatic nitrogens is 3. The lowest BCUT2D eigenvalue weighted by atomic mass is 9.94. The summed E-state index contributed by atoms with van der Waals surface area (Å²) >= 11 is 3.54. The highest BCUT2D eigenvalue weighted by Gasteiger charge is 2.27. The van der Waals surface area contributed by atoms with Gasteiger partial charge in [-0.15, -0.1) is 0 Å². The van der Waals surface area contributed by atoms with Crippen LogP contribution >= 0.6 is 15.9 Å². The van der Waals surface area contributed by atoms with Crippen molar-refractivity contribution in [2.75, 3.05) is 32.9 Å². The molecule has 2 N–H and O–H groups in total. The van der Waals surface area contributed by atoms with Gasteiger partial charge in [-0.3, -0.25) is 0 Å². The predicted molar refractivity (Wildman–Crippen MR) is 87.7 cm³/mol. The van der Waals surface area contributed by atoms with Crippen LogP contribution in [0, 0.1) is 0 Å². The number of halogens is 1. The first-order valence-electron chi connectivity index (χ1n) is 7.23. The maximum atomic E-state index is 12.0. The lowest BCUT2D eigenvalue weighted by molar-refractivity contribution is 0.156. The van der Waals surface area contributed by atoms with Gasteiger partial charge in [-0.25, -0.2) is 14.3 Å². The molecule has 7 nitrogen and oxygen atoms in total. The number of carbonyl (C=O) groups is 1. The van der Waals surface area contributed by atoms with Crippen LogP contribution in [-0.2, 0) is 0 Å². The molecule has 0 aliphatic carbocycles. The van der Waals surface area contributed by atoms with Crippen LogP contribution in [0.5, 0.6) is 0 Å². The Bertz CT molecular complexity index is 705. The Morgan fingerprint density at radius 1 is 1.41 bits per heavy atom. The van der Waals surface area contributed by atoms with Crippen molar-refractivity contribution >= 4 is 33.3 Å². The van der Waals surface area contributed by atoms with Crippen molar-refractivity contribution in [1.82, 2.24) is 24.4 Å². The molecule has 2 amide bonds. The summed E-state index contributed by atoms with van der Waals surface area (Å²) in [7, 11) is 3.57. The summed E-state index contributed by atoms with van der Waals surface area (Å²) in [6.45, 7) is 1.51. The number of anilines is 1. The normalized spacial score (nSPS) is 16.2. The summed E-state index contributed by atoms with van der Waals surface area (Å²) in [4.78, 5) is 19.6. The number of carbonyl (C=O) groups excluding carboxylic acids is 1. The Morgan fingerprint density at radius 2 is 2.09 bits per heavy atom. The molecule has 0 aromatic carbocycles. The van der Waals surface area contributed by atoms with Crippen molar-refractivity contribution in [3.05, 3.63) is 22.6 Å². The minimum atomic E-state index is 0.0752. The second-order valence-electron chi connectivity index (χ2n) is 5.76. The number of nitrogens with zero attached hydrogens (tertiary/aromatic N) is 5. The molecule has 0 saturated carbocycles. The molecule has 8 heteroatoms. The van der Waals surface area contributed by atoms with Crippen LogP contribution in [0.4, 0.5) is 10.6 Å². The summed E-state index contributed by atoms with van der Waals surface area (Å²) in [5, 5.41) is 4.33. The van der Waals surface area contributed by atoms with Crippen LogP contribution in [0.1, 0.15) is 24.5 Å².